The zero-order chi connectivity index (χ0) is 20.7. The molecule has 5 rings (SSSR count). The number of allylic oxidation sites excluding steroid dienone is 2. The molecule has 2 aromatic heterocycles. The van der Waals surface area contributed by atoms with E-state index in [0.717, 1.165) is 35.1 Å². The largest absolute Gasteiger partial charge is 0.497 e. The molecular formula is C24H25N3O3. The molecule has 1 atom stereocenters. The quantitative estimate of drug-likeness (QED) is 0.644. The molecule has 1 spiro atoms. The molecule has 0 saturated heterocycles. The summed E-state index contributed by atoms with van der Waals surface area (Å²) >= 11 is 0. The maximum atomic E-state index is 12.8. The summed E-state index contributed by atoms with van der Waals surface area (Å²) in [6, 6.07) is 5.55. The van der Waals surface area contributed by atoms with Gasteiger partial charge >= 0.3 is 0 Å². The highest BCUT2D eigenvalue weighted by Gasteiger charge is 2.42. The second-order valence-electron chi connectivity index (χ2n) is 8.47. The molecule has 1 amide bonds. The summed E-state index contributed by atoms with van der Waals surface area (Å²) < 4.78 is 10.8. The van der Waals surface area contributed by atoms with Crippen LogP contribution in [0, 0.1) is 5.41 Å². The third-order valence-corrected chi connectivity index (χ3v) is 6.43. The van der Waals surface area contributed by atoms with Crippen LogP contribution in [0.3, 0.4) is 0 Å². The van der Waals surface area contributed by atoms with E-state index >= 15 is 0 Å². The first-order valence-corrected chi connectivity index (χ1v) is 10.4. The number of carbonyl (C=O) groups is 1. The molecule has 154 valence electrons. The Morgan fingerprint density at radius 3 is 2.77 bits per heavy atom. The van der Waals surface area contributed by atoms with Crippen LogP contribution in [0.2, 0.25) is 0 Å². The van der Waals surface area contributed by atoms with Crippen LogP contribution in [0.4, 0.5) is 0 Å². The Hall–Kier alpha value is -3.15. The van der Waals surface area contributed by atoms with Crippen molar-refractivity contribution >= 4 is 22.4 Å². The highest BCUT2D eigenvalue weighted by Crippen LogP contribution is 2.56. The molecule has 3 aromatic rings. The van der Waals surface area contributed by atoms with Crippen molar-refractivity contribution in [1.29, 1.82) is 0 Å². The number of amides is 1. The van der Waals surface area contributed by atoms with Gasteiger partial charge in [-0.2, -0.15) is 0 Å². The van der Waals surface area contributed by atoms with E-state index in [0.29, 0.717) is 16.9 Å². The molecule has 0 aliphatic heterocycles. The maximum Gasteiger partial charge on any atom is 0.253 e. The zero-order valence-corrected chi connectivity index (χ0v) is 17.3. The van der Waals surface area contributed by atoms with E-state index < -0.39 is 0 Å². The van der Waals surface area contributed by atoms with Crippen LogP contribution in [0.15, 0.2) is 47.3 Å². The van der Waals surface area contributed by atoms with Crippen molar-refractivity contribution in [3.05, 3.63) is 59.9 Å². The molecule has 2 aliphatic rings. The summed E-state index contributed by atoms with van der Waals surface area (Å²) in [4.78, 5) is 21.5. The molecule has 0 bridgehead atoms. The molecule has 1 N–H and O–H groups in total. The Morgan fingerprint density at radius 1 is 1.23 bits per heavy atom. The second-order valence-corrected chi connectivity index (χ2v) is 8.47. The fourth-order valence-corrected chi connectivity index (χ4v) is 4.32. The number of methoxy groups -OCH3 is 1. The van der Waals surface area contributed by atoms with Gasteiger partial charge in [0, 0.05) is 17.1 Å². The molecule has 2 aliphatic carbocycles. The van der Waals surface area contributed by atoms with Crippen LogP contribution in [0.25, 0.3) is 16.5 Å². The fraction of sp³-hybridized carbons (Fsp3) is 0.375. The summed E-state index contributed by atoms with van der Waals surface area (Å²) in [6.45, 7) is 1.83. The Morgan fingerprint density at radius 2 is 2.10 bits per heavy atom. The maximum absolute atomic E-state index is 12.8. The van der Waals surface area contributed by atoms with E-state index in [1.54, 1.807) is 19.5 Å². The molecular weight excluding hydrogens is 378 g/mol. The van der Waals surface area contributed by atoms with Gasteiger partial charge in [0.15, 0.2) is 0 Å². The molecule has 6 nitrogen and oxygen atoms in total. The number of nitrogens with zero attached hydrogens (tertiary/aromatic N) is 2. The minimum Gasteiger partial charge on any atom is -0.497 e. The Kier molecular flexibility index (Phi) is 4.57. The van der Waals surface area contributed by atoms with Gasteiger partial charge in [0.05, 0.1) is 24.4 Å². The monoisotopic (exact) mass is 403 g/mol. The first kappa shape index (κ1) is 18.9. The average molecular weight is 403 g/mol. The number of pyridine rings is 1. The van der Waals surface area contributed by atoms with Gasteiger partial charge < -0.3 is 14.5 Å². The normalized spacial score (nSPS) is 18.1. The lowest BCUT2D eigenvalue weighted by molar-refractivity contribution is 0.0934. The number of aromatic nitrogens is 2. The number of ether oxygens (including phenoxy) is 1. The van der Waals surface area contributed by atoms with E-state index in [-0.39, 0.29) is 11.9 Å². The van der Waals surface area contributed by atoms with Crippen LogP contribution in [-0.2, 0) is 0 Å². The lowest BCUT2D eigenvalue weighted by Crippen LogP contribution is -2.26. The number of hydrogen-bond acceptors (Lipinski definition) is 5. The molecule has 6 heteroatoms. The summed E-state index contributed by atoms with van der Waals surface area (Å²) in [6.07, 6.45) is 13.3. The second kappa shape index (κ2) is 7.27. The molecule has 0 radical (unpaired) electrons. The van der Waals surface area contributed by atoms with Gasteiger partial charge in [0.25, 0.3) is 5.91 Å². The van der Waals surface area contributed by atoms with E-state index in [4.69, 9.17) is 9.15 Å². The Labute approximate surface area is 175 Å². The van der Waals surface area contributed by atoms with Crippen molar-refractivity contribution in [2.75, 3.05) is 7.11 Å². The lowest BCUT2D eigenvalue weighted by Gasteiger charge is -2.22. The summed E-state index contributed by atoms with van der Waals surface area (Å²) in [5.41, 5.74) is 4.43. The van der Waals surface area contributed by atoms with Gasteiger partial charge in [0.1, 0.15) is 18.1 Å². The average Bonchev–Trinajstić information content (AvgIpc) is 3.28. The minimum absolute atomic E-state index is 0.216. The predicted octanol–water partition coefficient (Wildman–Crippen LogP) is 5.07. The highest BCUT2D eigenvalue weighted by molar-refractivity contribution is 6.00. The van der Waals surface area contributed by atoms with Gasteiger partial charge in [-0.05, 0) is 68.2 Å². The van der Waals surface area contributed by atoms with Crippen molar-refractivity contribution in [2.24, 2.45) is 5.41 Å². The number of nitrogens with one attached hydrogen (secondary N) is 1. The van der Waals surface area contributed by atoms with Gasteiger partial charge in [-0.25, -0.2) is 4.98 Å². The van der Waals surface area contributed by atoms with E-state index in [9.17, 15) is 4.79 Å². The number of benzene rings is 1. The zero-order valence-electron chi connectivity index (χ0n) is 17.3. The summed E-state index contributed by atoms with van der Waals surface area (Å²) in [5.74, 6) is 1.03. The van der Waals surface area contributed by atoms with E-state index in [1.165, 1.54) is 31.1 Å². The van der Waals surface area contributed by atoms with Gasteiger partial charge in [-0.15, -0.1) is 0 Å². The number of hydrogen-bond donors (Lipinski definition) is 1. The molecule has 1 fully saturated rings. The lowest BCUT2D eigenvalue weighted by atomic mass is 9.83. The van der Waals surface area contributed by atoms with Crippen molar-refractivity contribution in [3.8, 4) is 5.75 Å². The van der Waals surface area contributed by atoms with Gasteiger partial charge in [0.2, 0.25) is 5.89 Å². The standard InChI is InChI=1S/C24H25N3O3/c1-15(23-25-9-10-30-23)27-22(28)18-11-17-12-19(29-2)13-20(21(17)26-14-18)16-3-5-24(6-4-16)7-8-24/h3,9-15H,4-8H2,1-2H3,(H,27,28)/t15-/m1/s1. The molecule has 1 saturated carbocycles. The van der Waals surface area contributed by atoms with Gasteiger partial charge in [-0.1, -0.05) is 6.08 Å². The summed E-state index contributed by atoms with van der Waals surface area (Å²) in [7, 11) is 1.67. The van der Waals surface area contributed by atoms with Crippen molar-refractivity contribution in [3.63, 3.8) is 0 Å². The molecule has 30 heavy (non-hydrogen) atoms. The topological polar surface area (TPSA) is 77.2 Å². The number of oxazole rings is 1. The van der Waals surface area contributed by atoms with E-state index in [2.05, 4.69) is 27.4 Å². The third kappa shape index (κ3) is 3.47. The van der Waals surface area contributed by atoms with Crippen LogP contribution >= 0.6 is 0 Å². The SMILES string of the molecule is COc1cc(C2=CCC3(CC2)CC3)c2ncc(C(=O)N[C@H](C)c3ncco3)cc2c1. The van der Waals surface area contributed by atoms with Crippen LogP contribution in [-0.4, -0.2) is 23.0 Å². The van der Waals surface area contributed by atoms with Crippen molar-refractivity contribution in [1.82, 2.24) is 15.3 Å². The van der Waals surface area contributed by atoms with Gasteiger partial charge in [-0.3, -0.25) is 9.78 Å². The fourth-order valence-electron chi connectivity index (χ4n) is 4.32. The highest BCUT2D eigenvalue weighted by atomic mass is 16.5. The van der Waals surface area contributed by atoms with E-state index in [1.807, 2.05) is 19.1 Å². The third-order valence-electron chi connectivity index (χ3n) is 6.43. The van der Waals surface area contributed by atoms with Crippen molar-refractivity contribution < 1.29 is 13.9 Å². The first-order valence-electron chi connectivity index (χ1n) is 10.4. The smallest absolute Gasteiger partial charge is 0.253 e. The van der Waals surface area contributed by atoms with Crippen molar-refractivity contribution in [2.45, 2.75) is 45.1 Å². The molecule has 1 aromatic carbocycles. The predicted molar refractivity (Wildman–Crippen MR) is 114 cm³/mol. The molecule has 0 unspecified atom stereocenters. The first-order chi connectivity index (χ1) is 14.6. The Bertz CT molecular complexity index is 1130. The molecule has 2 heterocycles. The minimum atomic E-state index is -0.328. The number of fused-ring (bicyclic) bond motifs is 1. The van der Waals surface area contributed by atoms with Crippen LogP contribution in [0.1, 0.15) is 66.9 Å². The van der Waals surface area contributed by atoms with Crippen LogP contribution < -0.4 is 10.1 Å². The van der Waals surface area contributed by atoms with Crippen LogP contribution in [0.5, 0.6) is 5.75 Å². The Balaban J connectivity index is 1.47. The summed E-state index contributed by atoms with van der Waals surface area (Å²) in [5, 5.41) is 3.80. The number of rotatable bonds is 5. The number of carbonyl (C=O) groups excluding carboxylic acids is 1.